The van der Waals surface area contributed by atoms with Crippen LogP contribution >= 0.6 is 11.6 Å². The smallest absolute Gasteiger partial charge is 0.295 e. The van der Waals surface area contributed by atoms with Gasteiger partial charge in [-0.05, 0) is 54.8 Å². The molecule has 186 valence electrons. The van der Waals surface area contributed by atoms with Gasteiger partial charge in [0.1, 0.15) is 5.76 Å². The summed E-state index contributed by atoms with van der Waals surface area (Å²) in [6, 6.07) is 11.6. The van der Waals surface area contributed by atoms with E-state index in [0.717, 1.165) is 19.3 Å². The number of amides is 1. The van der Waals surface area contributed by atoms with Gasteiger partial charge in [0.2, 0.25) is 10.0 Å². The van der Waals surface area contributed by atoms with E-state index in [1.165, 1.54) is 40.6 Å². The maximum atomic E-state index is 13.0. The Morgan fingerprint density at radius 2 is 1.66 bits per heavy atom. The average molecular weight is 519 g/mol. The van der Waals surface area contributed by atoms with Crippen molar-refractivity contribution in [2.24, 2.45) is 0 Å². The number of hydrogen-bond acceptors (Lipinski definition) is 6. The van der Waals surface area contributed by atoms with Gasteiger partial charge in [-0.3, -0.25) is 9.59 Å². The van der Waals surface area contributed by atoms with Gasteiger partial charge in [0, 0.05) is 37.3 Å². The highest BCUT2D eigenvalue weighted by Crippen LogP contribution is 2.39. The molecule has 1 amide bonds. The number of Topliss-reactive ketones (excluding diaryl/α,β-unsaturated/α-hetero) is 1. The van der Waals surface area contributed by atoms with Gasteiger partial charge in [-0.25, -0.2) is 8.42 Å². The molecule has 10 heteroatoms. The number of halogens is 1. The summed E-state index contributed by atoms with van der Waals surface area (Å²) in [7, 11) is -2.15. The summed E-state index contributed by atoms with van der Waals surface area (Å²) in [6.45, 7) is 1.32. The number of ether oxygens (including phenoxy) is 1. The Bertz CT molecular complexity index is 1240. The van der Waals surface area contributed by atoms with E-state index in [2.05, 4.69) is 0 Å². The standard InChI is InChI=1S/C25H27ClN2O6S/c1-34-16-15-28-22(17-5-9-19(26)10-6-17)21(24(30)25(28)31)23(29)18-7-11-20(12-8-18)35(32,33)27-13-3-2-4-14-27/h5-12,22,29H,2-4,13-16H2,1H3/t22-/m0/s1. The first-order chi connectivity index (χ1) is 16.8. The van der Waals surface area contributed by atoms with Crippen LogP contribution in [0.15, 0.2) is 59.0 Å². The van der Waals surface area contributed by atoms with Gasteiger partial charge < -0.3 is 14.7 Å². The minimum absolute atomic E-state index is 0.0694. The molecule has 0 aliphatic carbocycles. The molecule has 0 unspecified atom stereocenters. The van der Waals surface area contributed by atoms with E-state index in [0.29, 0.717) is 23.7 Å². The molecular weight excluding hydrogens is 492 g/mol. The zero-order chi connectivity index (χ0) is 25.2. The summed E-state index contributed by atoms with van der Waals surface area (Å²) in [6.07, 6.45) is 2.66. The number of ketones is 1. The van der Waals surface area contributed by atoms with Crippen molar-refractivity contribution in [1.29, 1.82) is 0 Å². The fourth-order valence-electron chi connectivity index (χ4n) is 4.49. The van der Waals surface area contributed by atoms with Gasteiger partial charge in [-0.15, -0.1) is 0 Å². The number of methoxy groups -OCH3 is 1. The largest absolute Gasteiger partial charge is 0.507 e. The highest BCUT2D eigenvalue weighted by molar-refractivity contribution is 7.89. The minimum Gasteiger partial charge on any atom is -0.507 e. The van der Waals surface area contributed by atoms with E-state index in [-0.39, 0.29) is 34.9 Å². The highest BCUT2D eigenvalue weighted by atomic mass is 35.5. The predicted molar refractivity (Wildman–Crippen MR) is 131 cm³/mol. The first-order valence-electron chi connectivity index (χ1n) is 11.4. The highest BCUT2D eigenvalue weighted by Gasteiger charge is 2.45. The van der Waals surface area contributed by atoms with Gasteiger partial charge >= 0.3 is 0 Å². The Morgan fingerprint density at radius 1 is 1.03 bits per heavy atom. The maximum Gasteiger partial charge on any atom is 0.295 e. The van der Waals surface area contributed by atoms with E-state index < -0.39 is 27.8 Å². The summed E-state index contributed by atoms with van der Waals surface area (Å²) in [4.78, 5) is 27.3. The summed E-state index contributed by atoms with van der Waals surface area (Å²) >= 11 is 6.02. The molecule has 2 aliphatic heterocycles. The number of aliphatic hydroxyl groups is 1. The van der Waals surface area contributed by atoms with Crippen molar-refractivity contribution in [1.82, 2.24) is 9.21 Å². The molecule has 2 aromatic rings. The Balaban J connectivity index is 1.73. The van der Waals surface area contributed by atoms with Crippen molar-refractivity contribution in [2.45, 2.75) is 30.2 Å². The maximum absolute atomic E-state index is 13.0. The molecule has 2 heterocycles. The average Bonchev–Trinajstić information content (AvgIpc) is 3.13. The van der Waals surface area contributed by atoms with Crippen LogP contribution in [0, 0.1) is 0 Å². The number of benzene rings is 2. The Kier molecular flexibility index (Phi) is 7.61. The lowest BCUT2D eigenvalue weighted by Gasteiger charge is -2.26. The van der Waals surface area contributed by atoms with Gasteiger partial charge in [-0.2, -0.15) is 4.31 Å². The fraction of sp³-hybridized carbons (Fsp3) is 0.360. The van der Waals surface area contributed by atoms with Crippen LogP contribution in [-0.2, 0) is 24.3 Å². The molecule has 4 rings (SSSR count). The number of likely N-dealkylation sites (tertiary alicyclic amines) is 1. The van der Waals surface area contributed by atoms with Crippen LogP contribution in [0.2, 0.25) is 5.02 Å². The molecule has 8 nitrogen and oxygen atoms in total. The van der Waals surface area contributed by atoms with E-state index in [1.807, 2.05) is 0 Å². The van der Waals surface area contributed by atoms with Crippen LogP contribution in [0.3, 0.4) is 0 Å². The van der Waals surface area contributed by atoms with Crippen molar-refractivity contribution in [3.63, 3.8) is 0 Å². The number of sulfonamides is 1. The zero-order valence-electron chi connectivity index (χ0n) is 19.3. The fourth-order valence-corrected chi connectivity index (χ4v) is 6.13. The number of aliphatic hydroxyl groups excluding tert-OH is 1. The lowest BCUT2D eigenvalue weighted by atomic mass is 9.95. The monoisotopic (exact) mass is 518 g/mol. The van der Waals surface area contributed by atoms with Gasteiger partial charge in [0.25, 0.3) is 11.7 Å². The lowest BCUT2D eigenvalue weighted by Crippen LogP contribution is -2.35. The number of piperidine rings is 1. The molecule has 0 radical (unpaired) electrons. The van der Waals surface area contributed by atoms with Crippen LogP contribution in [0.1, 0.15) is 36.4 Å². The third-order valence-corrected chi connectivity index (χ3v) is 8.51. The zero-order valence-corrected chi connectivity index (χ0v) is 20.9. The molecule has 1 N–H and O–H groups in total. The van der Waals surface area contributed by atoms with Gasteiger partial charge in [0.05, 0.1) is 23.1 Å². The van der Waals surface area contributed by atoms with Gasteiger partial charge in [0.15, 0.2) is 0 Å². The second-order valence-corrected chi connectivity index (χ2v) is 10.9. The first kappa shape index (κ1) is 25.4. The number of carbonyl (C=O) groups is 2. The molecule has 0 saturated carbocycles. The summed E-state index contributed by atoms with van der Waals surface area (Å²) < 4.78 is 32.5. The van der Waals surface area contributed by atoms with Crippen molar-refractivity contribution >= 4 is 39.1 Å². The van der Waals surface area contributed by atoms with Crippen molar-refractivity contribution in [3.8, 4) is 0 Å². The summed E-state index contributed by atoms with van der Waals surface area (Å²) in [5.74, 6) is -1.93. The Morgan fingerprint density at radius 3 is 2.26 bits per heavy atom. The normalized spacial score (nSPS) is 21.0. The van der Waals surface area contributed by atoms with Gasteiger partial charge in [-0.1, -0.05) is 30.2 Å². The molecule has 2 fully saturated rings. The molecule has 0 aromatic heterocycles. The molecular formula is C25H27ClN2O6S. The minimum atomic E-state index is -3.64. The molecule has 2 aliphatic rings. The van der Waals surface area contributed by atoms with Crippen LogP contribution in [-0.4, -0.2) is 67.8 Å². The predicted octanol–water partition coefficient (Wildman–Crippen LogP) is 3.58. The second kappa shape index (κ2) is 10.5. The molecule has 35 heavy (non-hydrogen) atoms. The second-order valence-electron chi connectivity index (χ2n) is 8.53. The van der Waals surface area contributed by atoms with E-state index in [4.69, 9.17) is 16.3 Å². The first-order valence-corrected chi connectivity index (χ1v) is 13.2. The van der Waals surface area contributed by atoms with E-state index >= 15 is 0 Å². The van der Waals surface area contributed by atoms with Crippen LogP contribution in [0.25, 0.3) is 5.76 Å². The third-order valence-electron chi connectivity index (χ3n) is 6.34. The lowest BCUT2D eigenvalue weighted by molar-refractivity contribution is -0.140. The summed E-state index contributed by atoms with van der Waals surface area (Å²) in [5.41, 5.74) is 0.780. The quantitative estimate of drug-likeness (QED) is 0.341. The number of rotatable bonds is 7. The van der Waals surface area contributed by atoms with Crippen molar-refractivity contribution in [3.05, 3.63) is 70.3 Å². The molecule has 0 spiro atoms. The van der Waals surface area contributed by atoms with Crippen LogP contribution in [0.4, 0.5) is 0 Å². The summed E-state index contributed by atoms with van der Waals surface area (Å²) in [5, 5.41) is 11.6. The van der Waals surface area contributed by atoms with Crippen LogP contribution in [0.5, 0.6) is 0 Å². The topological polar surface area (TPSA) is 104 Å². The van der Waals surface area contributed by atoms with E-state index in [9.17, 15) is 23.1 Å². The van der Waals surface area contributed by atoms with Crippen molar-refractivity contribution < 1.29 is 27.9 Å². The third kappa shape index (κ3) is 4.99. The molecule has 2 aromatic carbocycles. The van der Waals surface area contributed by atoms with Crippen LogP contribution < -0.4 is 0 Å². The number of carbonyl (C=O) groups excluding carboxylic acids is 2. The Hall–Kier alpha value is -2.72. The van der Waals surface area contributed by atoms with Crippen molar-refractivity contribution in [2.75, 3.05) is 33.4 Å². The number of nitrogens with zero attached hydrogens (tertiary/aromatic N) is 2. The molecule has 0 bridgehead atoms. The van der Waals surface area contributed by atoms with E-state index in [1.54, 1.807) is 24.3 Å². The number of hydrogen-bond donors (Lipinski definition) is 1. The Labute approximate surface area is 209 Å². The molecule has 1 atom stereocenters. The molecule has 2 saturated heterocycles. The SMILES string of the molecule is COCCN1C(=O)C(=O)C(=C(O)c2ccc(S(=O)(=O)N3CCCCC3)cc2)[C@@H]1c1ccc(Cl)cc1.